The van der Waals surface area contributed by atoms with Crippen LogP contribution in [0.4, 0.5) is 27.9 Å². The van der Waals surface area contributed by atoms with Crippen LogP contribution in [0.25, 0.3) is 0 Å². The summed E-state index contributed by atoms with van der Waals surface area (Å²) >= 11 is 0. The molecule has 33 heavy (non-hydrogen) atoms. The van der Waals surface area contributed by atoms with E-state index in [-0.39, 0.29) is 17.8 Å². The molecular formula is C23H34FN7O2. The van der Waals surface area contributed by atoms with Crippen LogP contribution in [0, 0.1) is 11.7 Å². The first-order chi connectivity index (χ1) is 16.1. The molecule has 2 aliphatic rings. The van der Waals surface area contributed by atoms with Crippen LogP contribution >= 0.6 is 0 Å². The molecule has 2 heterocycles. The number of aliphatic hydroxyl groups is 1. The van der Waals surface area contributed by atoms with Crippen molar-refractivity contribution in [3.63, 3.8) is 0 Å². The number of rotatable bonds is 10. The van der Waals surface area contributed by atoms with Crippen molar-refractivity contribution in [1.82, 2.24) is 19.9 Å². The van der Waals surface area contributed by atoms with Gasteiger partial charge in [0, 0.05) is 36.8 Å². The molecule has 2 fully saturated rings. The highest BCUT2D eigenvalue weighted by Crippen LogP contribution is 2.26. The molecular weight excluding hydrogens is 425 g/mol. The SMILES string of the molecule is CCN1CCCC1CNc1nc(NCC2CCCC2O)nc(Nc2ccc(OC)c(F)c2)n1. The summed E-state index contributed by atoms with van der Waals surface area (Å²) in [5.74, 6) is 1.07. The molecule has 3 unspecified atom stereocenters. The number of nitrogens with one attached hydrogen (secondary N) is 3. The number of aromatic nitrogens is 3. The fourth-order valence-corrected chi connectivity index (χ4v) is 4.69. The summed E-state index contributed by atoms with van der Waals surface area (Å²) in [5.41, 5.74) is 0.510. The van der Waals surface area contributed by atoms with Gasteiger partial charge in [-0.2, -0.15) is 15.0 Å². The lowest BCUT2D eigenvalue weighted by Gasteiger charge is -2.23. The van der Waals surface area contributed by atoms with Gasteiger partial charge in [-0.05, 0) is 50.9 Å². The van der Waals surface area contributed by atoms with Crippen LogP contribution in [-0.2, 0) is 0 Å². The standard InChI is InChI=1S/C23H34FN7O2/c1-3-31-11-5-7-17(31)14-26-22-28-21(25-13-15-6-4-8-19(15)32)29-23(30-22)27-16-9-10-20(33-2)18(24)12-16/h9-10,12,15,17,19,32H,3-8,11,13-14H2,1-2H3,(H3,25,26,27,28,29,30). The first kappa shape index (κ1) is 23.4. The van der Waals surface area contributed by atoms with Crippen LogP contribution in [0.15, 0.2) is 18.2 Å². The zero-order chi connectivity index (χ0) is 23.2. The van der Waals surface area contributed by atoms with Crippen LogP contribution in [0.5, 0.6) is 5.75 Å². The van der Waals surface area contributed by atoms with Crippen LogP contribution in [0.3, 0.4) is 0 Å². The van der Waals surface area contributed by atoms with Gasteiger partial charge in [0.25, 0.3) is 0 Å². The van der Waals surface area contributed by atoms with E-state index in [1.54, 1.807) is 12.1 Å². The second-order valence-corrected chi connectivity index (χ2v) is 8.73. The van der Waals surface area contributed by atoms with Crippen molar-refractivity contribution >= 4 is 23.5 Å². The monoisotopic (exact) mass is 459 g/mol. The number of hydrogen-bond donors (Lipinski definition) is 4. The van der Waals surface area contributed by atoms with Crippen molar-refractivity contribution in [2.24, 2.45) is 5.92 Å². The maximum atomic E-state index is 14.1. The van der Waals surface area contributed by atoms with E-state index < -0.39 is 5.82 Å². The number of hydrogen-bond acceptors (Lipinski definition) is 9. The van der Waals surface area contributed by atoms with Crippen molar-refractivity contribution in [2.75, 3.05) is 49.2 Å². The first-order valence-electron chi connectivity index (χ1n) is 11.8. The van der Waals surface area contributed by atoms with Gasteiger partial charge >= 0.3 is 0 Å². The quantitative estimate of drug-likeness (QED) is 0.426. The first-order valence-corrected chi connectivity index (χ1v) is 11.8. The summed E-state index contributed by atoms with van der Waals surface area (Å²) in [4.78, 5) is 16.0. The maximum absolute atomic E-state index is 14.1. The predicted octanol–water partition coefficient (Wildman–Crippen LogP) is 3.23. The average molecular weight is 460 g/mol. The number of ether oxygens (including phenoxy) is 1. The minimum absolute atomic E-state index is 0.174. The molecule has 10 heteroatoms. The number of benzene rings is 1. The molecule has 1 aromatic carbocycles. The Kier molecular flexibility index (Phi) is 7.77. The molecule has 4 rings (SSSR count). The molecule has 4 N–H and O–H groups in total. The lowest BCUT2D eigenvalue weighted by molar-refractivity contribution is 0.138. The summed E-state index contributed by atoms with van der Waals surface area (Å²) in [7, 11) is 1.43. The number of aliphatic hydroxyl groups excluding tert-OH is 1. The number of anilines is 4. The Balaban J connectivity index is 1.49. The lowest BCUT2D eigenvalue weighted by Crippen LogP contribution is -2.35. The smallest absolute Gasteiger partial charge is 0.233 e. The fraction of sp³-hybridized carbons (Fsp3) is 0.609. The Hall–Kier alpha value is -2.72. The summed E-state index contributed by atoms with van der Waals surface area (Å²) < 4.78 is 19.1. The van der Waals surface area contributed by atoms with Gasteiger partial charge in [-0.15, -0.1) is 0 Å². The second kappa shape index (κ2) is 10.9. The van der Waals surface area contributed by atoms with Crippen LogP contribution < -0.4 is 20.7 Å². The van der Waals surface area contributed by atoms with Crippen molar-refractivity contribution in [2.45, 2.75) is 51.2 Å². The summed E-state index contributed by atoms with van der Waals surface area (Å²) in [6.07, 6.45) is 4.90. The van der Waals surface area contributed by atoms with E-state index in [4.69, 9.17) is 4.74 Å². The normalized spacial score (nSPS) is 23.0. The molecule has 1 saturated carbocycles. The van der Waals surface area contributed by atoms with Gasteiger partial charge in [-0.25, -0.2) is 4.39 Å². The molecule has 0 spiro atoms. The van der Waals surface area contributed by atoms with Crippen LogP contribution in [0.1, 0.15) is 39.0 Å². The number of halogens is 1. The number of likely N-dealkylation sites (N-methyl/N-ethyl adjacent to an activating group) is 1. The molecule has 180 valence electrons. The maximum Gasteiger partial charge on any atom is 0.233 e. The van der Waals surface area contributed by atoms with E-state index in [0.717, 1.165) is 45.3 Å². The van der Waals surface area contributed by atoms with Gasteiger partial charge in [-0.1, -0.05) is 13.3 Å². The molecule has 1 aliphatic carbocycles. The Bertz CT molecular complexity index is 932. The third-order valence-corrected chi connectivity index (χ3v) is 6.59. The second-order valence-electron chi connectivity index (χ2n) is 8.73. The van der Waals surface area contributed by atoms with Gasteiger partial charge in [0.15, 0.2) is 11.6 Å². The van der Waals surface area contributed by atoms with Gasteiger partial charge < -0.3 is 25.8 Å². The van der Waals surface area contributed by atoms with Gasteiger partial charge in [0.05, 0.1) is 13.2 Å². The summed E-state index contributed by atoms with van der Waals surface area (Å²) in [6.45, 7) is 5.65. The van der Waals surface area contributed by atoms with Crippen LogP contribution in [0.2, 0.25) is 0 Å². The number of nitrogens with zero attached hydrogens (tertiary/aromatic N) is 4. The molecule has 0 amide bonds. The van der Waals surface area contributed by atoms with Gasteiger partial charge in [0.2, 0.25) is 17.8 Å². The third-order valence-electron chi connectivity index (χ3n) is 6.59. The minimum atomic E-state index is -0.468. The van der Waals surface area contributed by atoms with E-state index in [2.05, 4.69) is 42.7 Å². The molecule has 1 aromatic heterocycles. The minimum Gasteiger partial charge on any atom is -0.494 e. The molecule has 1 saturated heterocycles. The largest absolute Gasteiger partial charge is 0.494 e. The Labute approximate surface area is 194 Å². The molecule has 0 radical (unpaired) electrons. The zero-order valence-electron chi connectivity index (χ0n) is 19.4. The third kappa shape index (κ3) is 6.00. The zero-order valence-corrected chi connectivity index (χ0v) is 19.4. The summed E-state index contributed by atoms with van der Waals surface area (Å²) in [5, 5.41) is 19.8. The number of likely N-dealkylation sites (tertiary alicyclic amines) is 1. The molecule has 1 aliphatic heterocycles. The van der Waals surface area contributed by atoms with E-state index in [1.807, 2.05) is 0 Å². The summed E-state index contributed by atoms with van der Waals surface area (Å²) in [6, 6.07) is 5.05. The lowest BCUT2D eigenvalue weighted by atomic mass is 10.1. The van der Waals surface area contributed by atoms with Crippen molar-refractivity contribution in [1.29, 1.82) is 0 Å². The number of methoxy groups -OCH3 is 1. The molecule has 0 bridgehead atoms. The van der Waals surface area contributed by atoms with E-state index in [1.165, 1.54) is 19.6 Å². The molecule has 9 nitrogen and oxygen atoms in total. The highest BCUT2D eigenvalue weighted by molar-refractivity contribution is 5.57. The van der Waals surface area contributed by atoms with E-state index >= 15 is 0 Å². The predicted molar refractivity (Wildman–Crippen MR) is 127 cm³/mol. The Morgan fingerprint density at radius 2 is 1.82 bits per heavy atom. The molecule has 3 atom stereocenters. The fourth-order valence-electron chi connectivity index (χ4n) is 4.69. The average Bonchev–Trinajstić information content (AvgIpc) is 3.44. The van der Waals surface area contributed by atoms with Gasteiger partial charge in [-0.3, -0.25) is 4.90 Å². The molecule has 2 aromatic rings. The van der Waals surface area contributed by atoms with E-state index in [0.29, 0.717) is 36.1 Å². The highest BCUT2D eigenvalue weighted by Gasteiger charge is 2.25. The van der Waals surface area contributed by atoms with Crippen molar-refractivity contribution in [3.05, 3.63) is 24.0 Å². The Morgan fingerprint density at radius 3 is 2.48 bits per heavy atom. The highest BCUT2D eigenvalue weighted by atomic mass is 19.1. The van der Waals surface area contributed by atoms with Gasteiger partial charge in [0.1, 0.15) is 0 Å². The van der Waals surface area contributed by atoms with Crippen molar-refractivity contribution < 1.29 is 14.2 Å². The van der Waals surface area contributed by atoms with Crippen molar-refractivity contribution in [3.8, 4) is 5.75 Å². The Morgan fingerprint density at radius 1 is 1.06 bits per heavy atom. The van der Waals surface area contributed by atoms with Crippen LogP contribution in [-0.4, -0.2) is 70.4 Å². The topological polar surface area (TPSA) is 107 Å². The van der Waals surface area contributed by atoms with E-state index in [9.17, 15) is 9.50 Å².